The number of nitrogens with one attached hydrogen (secondary N) is 1. The fraction of sp³-hybridized carbons (Fsp3) is 0.250. The van der Waals surface area contributed by atoms with Gasteiger partial charge in [0.1, 0.15) is 0 Å². The second-order valence-electron chi connectivity index (χ2n) is 10.1. The Morgan fingerprint density at radius 1 is 0.975 bits per heavy atom. The van der Waals surface area contributed by atoms with Gasteiger partial charge in [-0.2, -0.15) is 0 Å². The molecule has 1 aliphatic heterocycles. The van der Waals surface area contributed by atoms with Gasteiger partial charge >= 0.3 is 0 Å². The lowest BCUT2D eigenvalue weighted by molar-refractivity contribution is -0.120. The molecule has 6 nitrogen and oxygen atoms in total. The molecule has 1 N–H and O–H groups in total. The highest BCUT2D eigenvalue weighted by atomic mass is 35.5. The first-order valence-electron chi connectivity index (χ1n) is 13.4. The number of aromatic nitrogens is 1. The third kappa shape index (κ3) is 6.03. The second-order valence-corrected chi connectivity index (χ2v) is 11.6. The number of halogens is 1. The summed E-state index contributed by atoms with van der Waals surface area (Å²) < 4.78 is 7.63. The Morgan fingerprint density at radius 3 is 2.52 bits per heavy atom. The monoisotopic (exact) mass is 571 g/mol. The van der Waals surface area contributed by atoms with E-state index in [0.717, 1.165) is 66.3 Å². The van der Waals surface area contributed by atoms with E-state index in [4.69, 9.17) is 16.3 Å². The first-order valence-corrected chi connectivity index (χ1v) is 14.8. The summed E-state index contributed by atoms with van der Waals surface area (Å²) in [6.07, 6.45) is 1.88. The number of amides is 1. The molecule has 0 radical (unpaired) electrons. The summed E-state index contributed by atoms with van der Waals surface area (Å²) in [5, 5.41) is 5.32. The molecule has 0 saturated carbocycles. The standard InChI is InChI=1S/C32H30ClN3O3S/c33-26-8-6-22(7-9-26)18-34-30(37)17-25-20-36-27(21-40-28-4-2-1-3-5-28)16-24-14-23(15-29(31(24)36)32(25)38)19-35-10-12-39-13-11-35/h1-9,14-16,20H,10-13,17-19,21H2,(H,34,37). The Hall–Kier alpha value is -3.36. The number of nitrogens with zero attached hydrogens (tertiary/aromatic N) is 2. The van der Waals surface area contributed by atoms with Crippen LogP contribution in [0.1, 0.15) is 22.4 Å². The summed E-state index contributed by atoms with van der Waals surface area (Å²) in [7, 11) is 0. The number of morpholine rings is 1. The molecule has 1 fully saturated rings. The minimum atomic E-state index is -0.189. The fourth-order valence-electron chi connectivity index (χ4n) is 5.26. The first-order chi connectivity index (χ1) is 19.5. The summed E-state index contributed by atoms with van der Waals surface area (Å²) in [5.74, 6) is 0.559. The van der Waals surface area contributed by atoms with Crippen LogP contribution in [0, 0.1) is 0 Å². The number of benzene rings is 3. The van der Waals surface area contributed by atoms with Gasteiger partial charge in [0, 0.05) is 70.1 Å². The van der Waals surface area contributed by atoms with E-state index in [1.807, 2.05) is 42.6 Å². The third-order valence-corrected chi connectivity index (χ3v) is 8.58. The van der Waals surface area contributed by atoms with Gasteiger partial charge in [0.2, 0.25) is 5.91 Å². The van der Waals surface area contributed by atoms with Crippen LogP contribution in [0.2, 0.25) is 5.02 Å². The summed E-state index contributed by atoms with van der Waals surface area (Å²) in [4.78, 5) is 30.3. The van der Waals surface area contributed by atoms with E-state index >= 15 is 0 Å². The SMILES string of the molecule is O=C(Cc1cn2c(CSc3ccccc3)cc3cc(CN4CCOCC4)cc(c1=O)c32)NCc1ccc(Cl)cc1. The lowest BCUT2D eigenvalue weighted by Gasteiger charge is -2.26. The van der Waals surface area contributed by atoms with Gasteiger partial charge in [0.05, 0.1) is 25.2 Å². The normalized spacial score (nSPS) is 14.2. The van der Waals surface area contributed by atoms with Gasteiger partial charge in [0.15, 0.2) is 5.43 Å². The van der Waals surface area contributed by atoms with Crippen molar-refractivity contribution in [3.05, 3.63) is 117 Å². The number of rotatable bonds is 9. The number of thioether (sulfide) groups is 1. The molecule has 40 heavy (non-hydrogen) atoms. The van der Waals surface area contributed by atoms with Gasteiger partial charge < -0.3 is 14.5 Å². The zero-order valence-electron chi connectivity index (χ0n) is 22.1. The molecule has 1 amide bonds. The Kier molecular flexibility index (Phi) is 8.07. The number of pyridine rings is 1. The molecule has 0 aliphatic carbocycles. The largest absolute Gasteiger partial charge is 0.379 e. The molecule has 0 spiro atoms. The van der Waals surface area contributed by atoms with Crippen molar-refractivity contribution in [1.82, 2.24) is 14.6 Å². The van der Waals surface area contributed by atoms with Crippen molar-refractivity contribution < 1.29 is 9.53 Å². The van der Waals surface area contributed by atoms with E-state index < -0.39 is 0 Å². The number of ether oxygens (including phenoxy) is 1. The molecule has 1 saturated heterocycles. The predicted molar refractivity (Wildman–Crippen MR) is 161 cm³/mol. The van der Waals surface area contributed by atoms with E-state index in [-0.39, 0.29) is 17.8 Å². The van der Waals surface area contributed by atoms with Crippen molar-refractivity contribution in [3.63, 3.8) is 0 Å². The van der Waals surface area contributed by atoms with Gasteiger partial charge in [-0.3, -0.25) is 14.5 Å². The van der Waals surface area contributed by atoms with Crippen LogP contribution in [0.25, 0.3) is 16.3 Å². The molecule has 2 aromatic heterocycles. The van der Waals surface area contributed by atoms with Crippen molar-refractivity contribution in [1.29, 1.82) is 0 Å². The molecule has 1 aliphatic rings. The smallest absolute Gasteiger partial charge is 0.224 e. The molecule has 0 unspecified atom stereocenters. The van der Waals surface area contributed by atoms with Crippen LogP contribution in [0.15, 0.2) is 88.7 Å². The van der Waals surface area contributed by atoms with Crippen molar-refractivity contribution in [3.8, 4) is 0 Å². The van der Waals surface area contributed by atoms with Crippen LogP contribution in [-0.2, 0) is 34.8 Å². The molecule has 5 aromatic rings. The zero-order valence-corrected chi connectivity index (χ0v) is 23.6. The molecule has 3 aromatic carbocycles. The Balaban J connectivity index is 1.32. The minimum Gasteiger partial charge on any atom is -0.379 e. The van der Waals surface area contributed by atoms with Crippen molar-refractivity contribution in [2.45, 2.75) is 30.2 Å². The molecule has 3 heterocycles. The van der Waals surface area contributed by atoms with Crippen LogP contribution in [0.3, 0.4) is 0 Å². The summed E-state index contributed by atoms with van der Waals surface area (Å²) in [6, 6.07) is 24.1. The average molecular weight is 572 g/mol. The first kappa shape index (κ1) is 26.8. The minimum absolute atomic E-state index is 0.0183. The summed E-state index contributed by atoms with van der Waals surface area (Å²) in [6.45, 7) is 4.34. The highest BCUT2D eigenvalue weighted by Crippen LogP contribution is 2.30. The van der Waals surface area contributed by atoms with E-state index in [1.165, 1.54) is 4.90 Å². The van der Waals surface area contributed by atoms with Crippen LogP contribution >= 0.6 is 23.4 Å². The number of hydrogen-bond acceptors (Lipinski definition) is 5. The van der Waals surface area contributed by atoms with Gasteiger partial charge in [-0.25, -0.2) is 0 Å². The topological polar surface area (TPSA) is 63.1 Å². The Labute approximate surface area is 242 Å². The van der Waals surface area contributed by atoms with Gasteiger partial charge in [0.25, 0.3) is 0 Å². The fourth-order valence-corrected chi connectivity index (χ4v) is 6.27. The average Bonchev–Trinajstić information content (AvgIpc) is 3.32. The quantitative estimate of drug-likeness (QED) is 0.236. The second kappa shape index (κ2) is 12.0. The van der Waals surface area contributed by atoms with Crippen LogP contribution < -0.4 is 10.7 Å². The van der Waals surface area contributed by atoms with Gasteiger partial charge in [-0.1, -0.05) is 41.9 Å². The van der Waals surface area contributed by atoms with Crippen molar-refractivity contribution in [2.24, 2.45) is 0 Å². The Morgan fingerprint density at radius 2 is 1.75 bits per heavy atom. The zero-order chi connectivity index (χ0) is 27.5. The number of carbonyl (C=O) groups is 1. The van der Waals surface area contributed by atoms with E-state index in [2.05, 4.69) is 38.9 Å². The van der Waals surface area contributed by atoms with Crippen LogP contribution in [0.4, 0.5) is 0 Å². The van der Waals surface area contributed by atoms with E-state index in [0.29, 0.717) is 22.5 Å². The maximum absolute atomic E-state index is 13.8. The van der Waals surface area contributed by atoms with Crippen LogP contribution in [0.5, 0.6) is 0 Å². The lowest BCUT2D eigenvalue weighted by atomic mass is 10.0. The van der Waals surface area contributed by atoms with Crippen molar-refractivity contribution >= 4 is 45.6 Å². The molecule has 0 atom stereocenters. The lowest BCUT2D eigenvalue weighted by Crippen LogP contribution is -2.35. The number of carbonyl (C=O) groups excluding carboxylic acids is 1. The molecule has 0 bridgehead atoms. The van der Waals surface area contributed by atoms with Gasteiger partial charge in [-0.15, -0.1) is 11.8 Å². The summed E-state index contributed by atoms with van der Waals surface area (Å²) in [5.41, 5.74) is 4.49. The van der Waals surface area contributed by atoms with E-state index in [1.54, 1.807) is 23.9 Å². The summed E-state index contributed by atoms with van der Waals surface area (Å²) >= 11 is 7.73. The number of hydrogen-bond donors (Lipinski definition) is 1. The molecular weight excluding hydrogens is 542 g/mol. The maximum atomic E-state index is 13.8. The highest BCUT2D eigenvalue weighted by Gasteiger charge is 2.19. The predicted octanol–water partition coefficient (Wildman–Crippen LogP) is 5.53. The molecule has 8 heteroatoms. The van der Waals surface area contributed by atoms with Crippen LogP contribution in [-0.4, -0.2) is 41.5 Å². The Bertz CT molecular complexity index is 1680. The highest BCUT2D eigenvalue weighted by molar-refractivity contribution is 7.98. The molecule has 6 rings (SSSR count). The van der Waals surface area contributed by atoms with E-state index in [9.17, 15) is 9.59 Å². The molecular formula is C32H30ClN3O3S. The molecule has 204 valence electrons. The van der Waals surface area contributed by atoms with Gasteiger partial charge in [-0.05, 0) is 53.6 Å². The third-order valence-electron chi connectivity index (χ3n) is 7.29. The van der Waals surface area contributed by atoms with Crippen molar-refractivity contribution in [2.75, 3.05) is 26.3 Å². The maximum Gasteiger partial charge on any atom is 0.224 e.